The van der Waals surface area contributed by atoms with Gasteiger partial charge in [0.05, 0.1) is 0 Å². The van der Waals surface area contributed by atoms with Gasteiger partial charge in [0.15, 0.2) is 0 Å². The van der Waals surface area contributed by atoms with Crippen molar-refractivity contribution in [3.63, 3.8) is 0 Å². The van der Waals surface area contributed by atoms with Gasteiger partial charge in [-0.2, -0.15) is 0 Å². The molecule has 0 radical (unpaired) electrons. The first-order valence-electron chi connectivity index (χ1n) is 6.51. The maximum absolute atomic E-state index is 3.99. The van der Waals surface area contributed by atoms with Gasteiger partial charge in [0, 0.05) is 19.3 Å². The van der Waals surface area contributed by atoms with Crippen LogP contribution >= 0.6 is 0 Å². The maximum Gasteiger partial charge on any atom is 0.0228 e. The van der Waals surface area contributed by atoms with Crippen molar-refractivity contribution < 1.29 is 0 Å². The van der Waals surface area contributed by atoms with Crippen LogP contribution in [0, 0.1) is 11.3 Å². The van der Waals surface area contributed by atoms with Crippen LogP contribution in [0.5, 0.6) is 0 Å². The summed E-state index contributed by atoms with van der Waals surface area (Å²) in [4.78, 5) is 2.29. The van der Waals surface area contributed by atoms with Gasteiger partial charge in [0.1, 0.15) is 0 Å². The van der Waals surface area contributed by atoms with E-state index in [0.29, 0.717) is 5.41 Å². The number of hydrogen-bond donors (Lipinski definition) is 0. The molecule has 92 valence electrons. The van der Waals surface area contributed by atoms with Crippen molar-refractivity contribution in [3.05, 3.63) is 24.4 Å². The third-order valence-corrected chi connectivity index (χ3v) is 3.87. The van der Waals surface area contributed by atoms with Crippen molar-refractivity contribution in [1.82, 2.24) is 4.90 Å². The molecule has 0 amide bonds. The molecular weight excluding hydrogens is 194 g/mol. The highest BCUT2D eigenvalue weighted by Crippen LogP contribution is 2.55. The zero-order chi connectivity index (χ0) is 12.2. The van der Waals surface area contributed by atoms with Gasteiger partial charge in [0.2, 0.25) is 0 Å². The smallest absolute Gasteiger partial charge is 0.0228 e. The van der Waals surface area contributed by atoms with Crippen molar-refractivity contribution in [3.8, 4) is 0 Å². The lowest BCUT2D eigenvalue weighted by Crippen LogP contribution is -2.24. The summed E-state index contributed by atoms with van der Waals surface area (Å²) in [5, 5.41) is 0. The molecule has 1 nitrogen and oxygen atoms in total. The summed E-state index contributed by atoms with van der Waals surface area (Å²) in [5.41, 5.74) is 1.73. The van der Waals surface area contributed by atoms with Crippen molar-refractivity contribution in [2.24, 2.45) is 11.3 Å². The van der Waals surface area contributed by atoms with E-state index in [4.69, 9.17) is 0 Å². The Bertz CT molecular complexity index is 267. The Balaban J connectivity index is 2.25. The third-order valence-electron chi connectivity index (χ3n) is 3.87. The van der Waals surface area contributed by atoms with Crippen LogP contribution in [0.4, 0.5) is 0 Å². The molecule has 1 aliphatic carbocycles. The predicted octanol–water partition coefficient (Wildman–Crippen LogP) is 4.22. The Morgan fingerprint density at radius 3 is 2.75 bits per heavy atom. The molecule has 16 heavy (non-hydrogen) atoms. The minimum atomic E-state index is 0.549. The lowest BCUT2D eigenvalue weighted by Gasteiger charge is -2.23. The number of hydrogen-bond acceptors (Lipinski definition) is 1. The normalized spacial score (nSPS) is 28.4. The predicted molar refractivity (Wildman–Crippen MR) is 72.3 cm³/mol. The van der Waals surface area contributed by atoms with Crippen LogP contribution in [0.15, 0.2) is 24.4 Å². The first-order chi connectivity index (χ1) is 7.49. The van der Waals surface area contributed by atoms with Crippen LogP contribution in [-0.2, 0) is 0 Å². The summed E-state index contributed by atoms with van der Waals surface area (Å²) in [6.07, 6.45) is 9.79. The van der Waals surface area contributed by atoms with Gasteiger partial charge >= 0.3 is 0 Å². The van der Waals surface area contributed by atoms with Gasteiger partial charge in [-0.25, -0.2) is 0 Å². The summed E-state index contributed by atoms with van der Waals surface area (Å²) in [5.74, 6) is 0.927. The monoisotopic (exact) mass is 221 g/mol. The fraction of sp³-hybridized carbons (Fsp3) is 0.733. The van der Waals surface area contributed by atoms with Crippen molar-refractivity contribution in [2.75, 3.05) is 13.6 Å². The topological polar surface area (TPSA) is 3.24 Å². The number of rotatable bonds is 7. The molecule has 0 aromatic heterocycles. The maximum atomic E-state index is 3.99. The summed E-state index contributed by atoms with van der Waals surface area (Å²) in [6.45, 7) is 11.9. The molecule has 0 bridgehead atoms. The highest BCUT2D eigenvalue weighted by Gasteiger charge is 2.49. The molecule has 0 saturated heterocycles. The molecular formula is C15H27N. The van der Waals surface area contributed by atoms with E-state index >= 15 is 0 Å². The second-order valence-corrected chi connectivity index (χ2v) is 5.60. The average Bonchev–Trinajstić information content (AvgIpc) is 2.84. The van der Waals surface area contributed by atoms with Gasteiger partial charge in [0.25, 0.3) is 0 Å². The summed E-state index contributed by atoms with van der Waals surface area (Å²) >= 11 is 0. The SMILES string of the molecule is C=C(C)N(C)CC1(C)CC1CC/C=C\CC. The highest BCUT2D eigenvalue weighted by atomic mass is 15.1. The Morgan fingerprint density at radius 1 is 1.50 bits per heavy atom. The molecule has 1 saturated carbocycles. The molecule has 0 aromatic carbocycles. The highest BCUT2D eigenvalue weighted by molar-refractivity contribution is 5.03. The zero-order valence-electron chi connectivity index (χ0n) is 11.4. The van der Waals surface area contributed by atoms with Crippen LogP contribution in [0.25, 0.3) is 0 Å². The molecule has 0 heterocycles. The standard InChI is InChI=1S/C15H27N/c1-6-7-8-9-10-14-11-15(14,4)12-16(5)13(2)3/h7-8,14H,2,6,9-12H2,1,3-5H3/b8-7-. The summed E-state index contributed by atoms with van der Waals surface area (Å²) in [6, 6.07) is 0. The molecule has 0 aromatic rings. The zero-order valence-corrected chi connectivity index (χ0v) is 11.4. The second kappa shape index (κ2) is 5.56. The van der Waals surface area contributed by atoms with Crippen LogP contribution in [0.3, 0.4) is 0 Å². The minimum absolute atomic E-state index is 0.549. The van der Waals surface area contributed by atoms with Gasteiger partial charge in [-0.05, 0) is 43.9 Å². The number of nitrogens with zero attached hydrogens (tertiary/aromatic N) is 1. The van der Waals surface area contributed by atoms with E-state index in [1.165, 1.54) is 37.9 Å². The molecule has 0 spiro atoms. The van der Waals surface area contributed by atoms with Gasteiger partial charge in [-0.3, -0.25) is 0 Å². The fourth-order valence-corrected chi connectivity index (χ4v) is 2.41. The largest absolute Gasteiger partial charge is 0.378 e. The molecule has 1 aliphatic rings. The van der Waals surface area contributed by atoms with E-state index in [1.54, 1.807) is 0 Å². The Kier molecular flexibility index (Phi) is 4.64. The molecule has 1 heteroatoms. The molecule has 0 aliphatic heterocycles. The van der Waals surface area contributed by atoms with Gasteiger partial charge in [-0.15, -0.1) is 0 Å². The van der Waals surface area contributed by atoms with Crippen LogP contribution in [0.1, 0.15) is 46.5 Å². The fourth-order valence-electron chi connectivity index (χ4n) is 2.41. The van der Waals surface area contributed by atoms with E-state index in [1.807, 2.05) is 0 Å². The Morgan fingerprint density at radius 2 is 2.19 bits per heavy atom. The average molecular weight is 221 g/mol. The Hall–Kier alpha value is -0.720. The molecule has 2 unspecified atom stereocenters. The lowest BCUT2D eigenvalue weighted by molar-refractivity contribution is 0.313. The first-order valence-corrected chi connectivity index (χ1v) is 6.51. The summed E-state index contributed by atoms with van der Waals surface area (Å²) in [7, 11) is 2.15. The van der Waals surface area contributed by atoms with Crippen LogP contribution in [0.2, 0.25) is 0 Å². The van der Waals surface area contributed by atoms with Crippen molar-refractivity contribution in [2.45, 2.75) is 46.5 Å². The molecule has 1 fully saturated rings. The van der Waals surface area contributed by atoms with E-state index in [9.17, 15) is 0 Å². The summed E-state index contributed by atoms with van der Waals surface area (Å²) < 4.78 is 0. The van der Waals surface area contributed by atoms with E-state index < -0.39 is 0 Å². The quantitative estimate of drug-likeness (QED) is 0.582. The van der Waals surface area contributed by atoms with E-state index in [2.05, 4.69) is 51.4 Å². The number of allylic oxidation sites excluding steroid dienone is 3. The second-order valence-electron chi connectivity index (χ2n) is 5.60. The van der Waals surface area contributed by atoms with Gasteiger partial charge < -0.3 is 4.90 Å². The van der Waals surface area contributed by atoms with Crippen LogP contribution in [-0.4, -0.2) is 18.5 Å². The minimum Gasteiger partial charge on any atom is -0.378 e. The Labute approximate surface area is 101 Å². The third kappa shape index (κ3) is 3.70. The molecule has 2 atom stereocenters. The van der Waals surface area contributed by atoms with Crippen molar-refractivity contribution >= 4 is 0 Å². The first kappa shape index (κ1) is 13.3. The van der Waals surface area contributed by atoms with E-state index in [0.717, 1.165) is 5.92 Å². The van der Waals surface area contributed by atoms with E-state index in [-0.39, 0.29) is 0 Å². The van der Waals surface area contributed by atoms with Gasteiger partial charge in [-0.1, -0.05) is 32.6 Å². The molecule has 1 rings (SSSR count). The van der Waals surface area contributed by atoms with Crippen molar-refractivity contribution in [1.29, 1.82) is 0 Å². The lowest BCUT2D eigenvalue weighted by atomic mass is 10.0. The molecule has 0 N–H and O–H groups in total. The van der Waals surface area contributed by atoms with Crippen LogP contribution < -0.4 is 0 Å².